The zero-order valence-corrected chi connectivity index (χ0v) is 15.1. The quantitative estimate of drug-likeness (QED) is 0.668. The molecule has 0 bridgehead atoms. The molecule has 0 saturated heterocycles. The SMILES string of the molecule is CCOc1nc(-c2cccc(Cl)c2)n(C(=O)C2CC2c2ccccc2)n1. The first-order valence-electron chi connectivity index (χ1n) is 8.62. The third-order valence-electron chi connectivity index (χ3n) is 4.49. The third-order valence-corrected chi connectivity index (χ3v) is 4.72. The number of benzene rings is 2. The van der Waals surface area contributed by atoms with Crippen LogP contribution in [0.4, 0.5) is 0 Å². The number of rotatable bonds is 5. The summed E-state index contributed by atoms with van der Waals surface area (Å²) in [5, 5.41) is 4.87. The van der Waals surface area contributed by atoms with Crippen LogP contribution in [0.15, 0.2) is 54.6 Å². The Hall–Kier alpha value is -2.66. The van der Waals surface area contributed by atoms with Crippen LogP contribution in [0, 0.1) is 5.92 Å². The van der Waals surface area contributed by atoms with Gasteiger partial charge in [-0.25, -0.2) is 0 Å². The van der Waals surface area contributed by atoms with E-state index in [0.29, 0.717) is 17.5 Å². The minimum Gasteiger partial charge on any atom is -0.463 e. The van der Waals surface area contributed by atoms with Crippen molar-refractivity contribution in [2.75, 3.05) is 6.61 Å². The van der Waals surface area contributed by atoms with Gasteiger partial charge in [-0.05, 0) is 37.0 Å². The van der Waals surface area contributed by atoms with Crippen molar-refractivity contribution in [3.05, 3.63) is 65.2 Å². The summed E-state index contributed by atoms with van der Waals surface area (Å²) in [6.45, 7) is 2.29. The van der Waals surface area contributed by atoms with E-state index in [1.165, 1.54) is 10.2 Å². The van der Waals surface area contributed by atoms with E-state index in [0.717, 1.165) is 12.0 Å². The van der Waals surface area contributed by atoms with Gasteiger partial charge in [0.15, 0.2) is 5.82 Å². The molecule has 2 unspecified atom stereocenters. The standard InChI is InChI=1S/C20H18ClN3O2/c1-2-26-20-22-18(14-9-6-10-15(21)11-14)24(23-20)19(25)17-12-16(17)13-7-4-3-5-8-13/h3-11,16-17H,2,12H2,1H3. The minimum absolute atomic E-state index is 0.0627. The van der Waals surface area contributed by atoms with Gasteiger partial charge in [0.1, 0.15) is 0 Å². The first-order chi connectivity index (χ1) is 12.7. The lowest BCUT2D eigenvalue weighted by molar-refractivity contribution is 0.0867. The summed E-state index contributed by atoms with van der Waals surface area (Å²) in [7, 11) is 0. The van der Waals surface area contributed by atoms with Gasteiger partial charge >= 0.3 is 6.01 Å². The molecule has 0 radical (unpaired) electrons. The van der Waals surface area contributed by atoms with Gasteiger partial charge in [0, 0.05) is 16.5 Å². The molecule has 1 saturated carbocycles. The van der Waals surface area contributed by atoms with Gasteiger partial charge in [-0.3, -0.25) is 4.79 Å². The number of halogens is 1. The number of hydrogen-bond donors (Lipinski definition) is 0. The highest BCUT2D eigenvalue weighted by Gasteiger charge is 2.45. The maximum atomic E-state index is 13.1. The van der Waals surface area contributed by atoms with Crippen molar-refractivity contribution in [1.82, 2.24) is 14.8 Å². The van der Waals surface area contributed by atoms with Crippen molar-refractivity contribution in [2.45, 2.75) is 19.3 Å². The molecule has 1 aromatic heterocycles. The monoisotopic (exact) mass is 367 g/mol. The molecule has 1 aliphatic carbocycles. The van der Waals surface area contributed by atoms with Crippen LogP contribution in [-0.2, 0) is 0 Å². The summed E-state index contributed by atoms with van der Waals surface area (Å²) in [5.41, 5.74) is 1.92. The van der Waals surface area contributed by atoms with E-state index in [1.54, 1.807) is 12.1 Å². The van der Waals surface area contributed by atoms with E-state index >= 15 is 0 Å². The van der Waals surface area contributed by atoms with E-state index in [-0.39, 0.29) is 23.8 Å². The lowest BCUT2D eigenvalue weighted by Gasteiger charge is -2.05. The highest BCUT2D eigenvalue weighted by atomic mass is 35.5. The predicted molar refractivity (Wildman–Crippen MR) is 99.6 cm³/mol. The number of carbonyl (C=O) groups is 1. The summed E-state index contributed by atoms with van der Waals surface area (Å²) in [6.07, 6.45) is 0.821. The van der Waals surface area contributed by atoms with Crippen LogP contribution in [0.3, 0.4) is 0 Å². The highest BCUT2D eigenvalue weighted by molar-refractivity contribution is 6.30. The second kappa shape index (κ2) is 6.92. The number of ether oxygens (including phenoxy) is 1. The Morgan fingerprint density at radius 1 is 1.23 bits per heavy atom. The summed E-state index contributed by atoms with van der Waals surface area (Å²) in [5.74, 6) is 0.536. The highest BCUT2D eigenvalue weighted by Crippen LogP contribution is 2.48. The second-order valence-corrected chi connectivity index (χ2v) is 6.71. The van der Waals surface area contributed by atoms with Crippen molar-refractivity contribution in [1.29, 1.82) is 0 Å². The van der Waals surface area contributed by atoms with Crippen LogP contribution in [0.5, 0.6) is 6.01 Å². The summed E-state index contributed by atoms with van der Waals surface area (Å²) in [4.78, 5) is 17.4. The molecule has 0 spiro atoms. The molecule has 3 aromatic rings. The molecule has 5 nitrogen and oxygen atoms in total. The molecule has 2 aromatic carbocycles. The fourth-order valence-corrected chi connectivity index (χ4v) is 3.34. The molecule has 1 aliphatic rings. The first-order valence-corrected chi connectivity index (χ1v) is 9.00. The molecule has 0 aliphatic heterocycles. The molecule has 1 fully saturated rings. The zero-order valence-electron chi connectivity index (χ0n) is 14.3. The number of aromatic nitrogens is 3. The maximum absolute atomic E-state index is 13.1. The fraction of sp³-hybridized carbons (Fsp3) is 0.250. The van der Waals surface area contributed by atoms with Crippen LogP contribution < -0.4 is 4.74 Å². The Balaban J connectivity index is 1.66. The zero-order chi connectivity index (χ0) is 18.1. The Kier molecular flexibility index (Phi) is 4.47. The Bertz CT molecular complexity index is 939. The maximum Gasteiger partial charge on any atom is 0.336 e. The number of carbonyl (C=O) groups excluding carboxylic acids is 1. The third kappa shape index (κ3) is 3.22. The van der Waals surface area contributed by atoms with E-state index < -0.39 is 0 Å². The molecule has 6 heteroatoms. The Morgan fingerprint density at radius 2 is 2.04 bits per heavy atom. The van der Waals surface area contributed by atoms with E-state index in [4.69, 9.17) is 16.3 Å². The molecular weight excluding hydrogens is 350 g/mol. The Labute approximate surface area is 156 Å². The summed E-state index contributed by atoms with van der Waals surface area (Å²) >= 11 is 6.10. The van der Waals surface area contributed by atoms with Gasteiger partial charge in [0.05, 0.1) is 6.61 Å². The predicted octanol–water partition coefficient (Wildman–Crippen LogP) is 4.44. The van der Waals surface area contributed by atoms with Crippen LogP contribution in [-0.4, -0.2) is 27.3 Å². The van der Waals surface area contributed by atoms with Crippen molar-refractivity contribution >= 4 is 17.5 Å². The van der Waals surface area contributed by atoms with E-state index in [1.807, 2.05) is 37.3 Å². The molecule has 26 heavy (non-hydrogen) atoms. The van der Waals surface area contributed by atoms with Crippen LogP contribution in [0.2, 0.25) is 5.02 Å². The first kappa shape index (κ1) is 16.8. The molecule has 0 N–H and O–H groups in total. The van der Waals surface area contributed by atoms with Crippen molar-refractivity contribution in [3.8, 4) is 17.4 Å². The topological polar surface area (TPSA) is 57.0 Å². The minimum atomic E-state index is -0.0912. The van der Waals surface area contributed by atoms with Crippen molar-refractivity contribution in [2.24, 2.45) is 5.92 Å². The van der Waals surface area contributed by atoms with Crippen LogP contribution >= 0.6 is 11.6 Å². The van der Waals surface area contributed by atoms with Crippen LogP contribution in [0.1, 0.15) is 29.6 Å². The molecular formula is C20H18ClN3O2. The van der Waals surface area contributed by atoms with Gasteiger partial charge in [-0.2, -0.15) is 9.67 Å². The normalized spacial score (nSPS) is 18.5. The molecule has 132 valence electrons. The molecule has 4 rings (SSSR count). The van der Waals surface area contributed by atoms with Gasteiger partial charge in [0.25, 0.3) is 5.91 Å². The number of hydrogen-bond acceptors (Lipinski definition) is 4. The van der Waals surface area contributed by atoms with Gasteiger partial charge in [0.2, 0.25) is 0 Å². The summed E-state index contributed by atoms with van der Waals surface area (Å²) in [6, 6.07) is 17.5. The lowest BCUT2D eigenvalue weighted by Crippen LogP contribution is -2.17. The Morgan fingerprint density at radius 3 is 2.77 bits per heavy atom. The molecule has 0 amide bonds. The fourth-order valence-electron chi connectivity index (χ4n) is 3.15. The van der Waals surface area contributed by atoms with Crippen molar-refractivity contribution in [3.63, 3.8) is 0 Å². The van der Waals surface area contributed by atoms with Crippen molar-refractivity contribution < 1.29 is 9.53 Å². The van der Waals surface area contributed by atoms with E-state index in [2.05, 4.69) is 22.2 Å². The van der Waals surface area contributed by atoms with Gasteiger partial charge in [-0.15, -0.1) is 5.10 Å². The van der Waals surface area contributed by atoms with Gasteiger partial charge < -0.3 is 4.74 Å². The lowest BCUT2D eigenvalue weighted by atomic mass is 10.1. The average Bonchev–Trinajstić information content (AvgIpc) is 3.35. The average molecular weight is 368 g/mol. The molecule has 1 heterocycles. The number of nitrogens with zero attached hydrogens (tertiary/aromatic N) is 3. The van der Waals surface area contributed by atoms with Crippen LogP contribution in [0.25, 0.3) is 11.4 Å². The smallest absolute Gasteiger partial charge is 0.336 e. The second-order valence-electron chi connectivity index (χ2n) is 6.27. The largest absolute Gasteiger partial charge is 0.463 e. The molecule has 2 atom stereocenters. The van der Waals surface area contributed by atoms with E-state index in [9.17, 15) is 4.79 Å². The van der Waals surface area contributed by atoms with Gasteiger partial charge in [-0.1, -0.05) is 54.1 Å². The summed E-state index contributed by atoms with van der Waals surface area (Å²) < 4.78 is 6.78.